The van der Waals surface area contributed by atoms with Gasteiger partial charge in [0.15, 0.2) is 0 Å². The molecule has 0 unspecified atom stereocenters. The van der Waals surface area contributed by atoms with E-state index >= 15 is 0 Å². The van der Waals surface area contributed by atoms with E-state index in [2.05, 4.69) is 41.4 Å². The summed E-state index contributed by atoms with van der Waals surface area (Å²) < 4.78 is 5.46. The highest BCUT2D eigenvalue weighted by Crippen LogP contribution is 2.34. The Morgan fingerprint density at radius 2 is 1.74 bits per heavy atom. The number of rotatable bonds is 8. The van der Waals surface area contributed by atoms with E-state index in [4.69, 9.17) is 9.72 Å². The third kappa shape index (κ3) is 6.12. The molecule has 0 spiro atoms. The fourth-order valence-corrected chi connectivity index (χ4v) is 6.28. The highest BCUT2D eigenvalue weighted by Gasteiger charge is 2.40. The monoisotopic (exact) mass is 542 g/mol. The van der Waals surface area contributed by atoms with Crippen molar-refractivity contribution in [2.24, 2.45) is 0 Å². The molecule has 2 aliphatic heterocycles. The molecule has 0 radical (unpaired) electrons. The number of ether oxygens (including phenoxy) is 1. The lowest BCUT2D eigenvalue weighted by Crippen LogP contribution is -2.46. The van der Waals surface area contributed by atoms with Gasteiger partial charge in [0.05, 0.1) is 6.04 Å². The number of aromatic nitrogens is 1. The molecule has 0 bridgehead atoms. The number of pyridine rings is 1. The Morgan fingerprint density at radius 1 is 1.00 bits per heavy atom. The van der Waals surface area contributed by atoms with Crippen LogP contribution in [-0.4, -0.2) is 58.6 Å². The first kappa shape index (κ1) is 25.9. The van der Waals surface area contributed by atoms with Crippen molar-refractivity contribution in [3.05, 3.63) is 89.1 Å². The number of nitrogens with one attached hydrogen (secondary N) is 1. The number of aryl methyl sites for hydroxylation is 1. The summed E-state index contributed by atoms with van der Waals surface area (Å²) in [6.07, 6.45) is 3.86. The maximum Gasteiger partial charge on any atom is 0.410 e. The average Bonchev–Trinajstić information content (AvgIpc) is 3.69. The number of carbonyl (C=O) groups excluding carboxylic acids is 2. The van der Waals surface area contributed by atoms with Crippen molar-refractivity contribution in [1.29, 1.82) is 0 Å². The van der Waals surface area contributed by atoms with Crippen LogP contribution in [0, 0.1) is 6.92 Å². The molecule has 1 saturated carbocycles. The lowest BCUT2D eigenvalue weighted by molar-refractivity contribution is 0.0950. The fourth-order valence-electron chi connectivity index (χ4n) is 5.45. The first-order valence-corrected chi connectivity index (χ1v) is 14.6. The van der Waals surface area contributed by atoms with Crippen LogP contribution in [0.1, 0.15) is 58.9 Å². The van der Waals surface area contributed by atoms with Crippen LogP contribution in [0.2, 0.25) is 0 Å². The van der Waals surface area contributed by atoms with Gasteiger partial charge in [-0.2, -0.15) is 0 Å². The van der Waals surface area contributed by atoms with E-state index in [0.717, 1.165) is 66.5 Å². The molecular formula is C31H34N4O3S. The largest absolute Gasteiger partial charge is 0.447 e. The van der Waals surface area contributed by atoms with Crippen molar-refractivity contribution in [2.45, 2.75) is 67.2 Å². The summed E-state index contributed by atoms with van der Waals surface area (Å²) in [5, 5.41) is 3.98. The maximum atomic E-state index is 12.6. The molecular weight excluding hydrogens is 508 g/mol. The topological polar surface area (TPSA) is 74.8 Å². The Kier molecular flexibility index (Phi) is 7.57. The van der Waals surface area contributed by atoms with Crippen molar-refractivity contribution in [2.75, 3.05) is 19.7 Å². The van der Waals surface area contributed by atoms with E-state index < -0.39 is 0 Å². The second-order valence-corrected chi connectivity index (χ2v) is 11.8. The molecule has 1 atom stereocenters. The van der Waals surface area contributed by atoms with Gasteiger partial charge in [-0.25, -0.2) is 9.78 Å². The minimum absolute atomic E-state index is 0.00263. The van der Waals surface area contributed by atoms with Crippen molar-refractivity contribution in [1.82, 2.24) is 20.1 Å². The second kappa shape index (κ2) is 11.4. The van der Waals surface area contributed by atoms with E-state index in [9.17, 15) is 9.59 Å². The SMILES string of the molecule is Cc1nc(Sc2ccc(C(=O)NC3CC3)cc2)ccc1CN1CCC(N2C(=O)OC[C@H]2c2ccccc2)CC1. The summed E-state index contributed by atoms with van der Waals surface area (Å²) >= 11 is 1.61. The molecule has 2 saturated heterocycles. The molecule has 39 heavy (non-hydrogen) atoms. The van der Waals surface area contributed by atoms with E-state index in [1.807, 2.05) is 47.4 Å². The van der Waals surface area contributed by atoms with Crippen LogP contribution in [0.25, 0.3) is 0 Å². The standard InChI is InChI=1S/C31H34N4O3S/c1-21-24(9-14-29(32-21)39-27-12-7-23(8-13-27)30(36)33-25-10-11-25)19-34-17-15-26(16-18-34)35-28(20-38-31(35)37)22-5-3-2-4-6-22/h2-9,12-14,25-26,28H,10-11,15-20H2,1H3,(H,33,36)/t28-/m0/s1. The zero-order valence-electron chi connectivity index (χ0n) is 22.2. The molecule has 8 heteroatoms. The predicted octanol–water partition coefficient (Wildman–Crippen LogP) is 5.59. The number of hydrogen-bond donors (Lipinski definition) is 1. The van der Waals surface area contributed by atoms with Gasteiger partial charge in [-0.05, 0) is 74.1 Å². The summed E-state index contributed by atoms with van der Waals surface area (Å²) in [7, 11) is 0. The smallest absolute Gasteiger partial charge is 0.410 e. The summed E-state index contributed by atoms with van der Waals surface area (Å²) in [5.74, 6) is 0.00720. The zero-order valence-corrected chi connectivity index (χ0v) is 23.0. The van der Waals surface area contributed by atoms with Gasteiger partial charge in [-0.15, -0.1) is 0 Å². The van der Waals surface area contributed by atoms with Gasteiger partial charge in [-0.3, -0.25) is 14.6 Å². The number of carbonyl (C=O) groups is 2. The summed E-state index contributed by atoms with van der Waals surface area (Å²) in [6.45, 7) is 5.23. The van der Waals surface area contributed by atoms with Gasteiger partial charge in [0.2, 0.25) is 0 Å². The molecule has 1 aliphatic carbocycles. The van der Waals surface area contributed by atoms with Crippen molar-refractivity contribution in [3.63, 3.8) is 0 Å². The summed E-state index contributed by atoms with van der Waals surface area (Å²) in [4.78, 5) is 35.2. The van der Waals surface area contributed by atoms with E-state index in [1.165, 1.54) is 5.56 Å². The van der Waals surface area contributed by atoms with Gasteiger partial charge in [0.1, 0.15) is 11.6 Å². The Labute approximate surface area is 233 Å². The van der Waals surface area contributed by atoms with Crippen molar-refractivity contribution < 1.29 is 14.3 Å². The molecule has 3 fully saturated rings. The number of amides is 2. The quantitative estimate of drug-likeness (QED) is 0.400. The number of cyclic esters (lactones) is 1. The second-order valence-electron chi connectivity index (χ2n) is 10.7. The Balaban J connectivity index is 1.02. The maximum absolute atomic E-state index is 12.6. The molecule has 2 aromatic carbocycles. The normalized spacial score (nSPS) is 20.2. The van der Waals surface area contributed by atoms with Crippen LogP contribution < -0.4 is 5.32 Å². The Hall–Kier alpha value is -3.36. The third-order valence-electron chi connectivity index (χ3n) is 7.86. The molecule has 7 nitrogen and oxygen atoms in total. The van der Waals surface area contributed by atoms with Crippen LogP contribution in [0.15, 0.2) is 76.7 Å². The lowest BCUT2D eigenvalue weighted by atomic mass is 9.99. The molecule has 3 aromatic rings. The highest BCUT2D eigenvalue weighted by atomic mass is 32.2. The molecule has 2 amide bonds. The Morgan fingerprint density at radius 3 is 2.44 bits per heavy atom. The summed E-state index contributed by atoms with van der Waals surface area (Å²) in [6, 6.07) is 22.8. The molecule has 6 rings (SSSR count). The third-order valence-corrected chi connectivity index (χ3v) is 8.81. The van der Waals surface area contributed by atoms with E-state index in [-0.39, 0.29) is 24.1 Å². The van der Waals surface area contributed by atoms with Gasteiger partial charge in [0, 0.05) is 47.9 Å². The van der Waals surface area contributed by atoms with Crippen LogP contribution in [0.3, 0.4) is 0 Å². The number of hydrogen-bond acceptors (Lipinski definition) is 6. The van der Waals surface area contributed by atoms with Crippen molar-refractivity contribution >= 4 is 23.8 Å². The average molecular weight is 543 g/mol. The number of likely N-dealkylation sites (tertiary alicyclic amines) is 1. The minimum Gasteiger partial charge on any atom is -0.447 e. The van der Waals surface area contributed by atoms with Gasteiger partial charge in [-0.1, -0.05) is 48.2 Å². The summed E-state index contributed by atoms with van der Waals surface area (Å²) in [5.41, 5.74) is 4.11. The highest BCUT2D eigenvalue weighted by molar-refractivity contribution is 7.99. The van der Waals surface area contributed by atoms with Crippen LogP contribution in [0.5, 0.6) is 0 Å². The van der Waals surface area contributed by atoms with E-state index in [1.54, 1.807) is 11.8 Å². The van der Waals surface area contributed by atoms with Crippen LogP contribution in [-0.2, 0) is 11.3 Å². The zero-order chi connectivity index (χ0) is 26.8. The molecule has 3 heterocycles. The van der Waals surface area contributed by atoms with E-state index in [0.29, 0.717) is 18.2 Å². The van der Waals surface area contributed by atoms with Gasteiger partial charge >= 0.3 is 6.09 Å². The first-order valence-electron chi connectivity index (χ1n) is 13.8. The van der Waals surface area contributed by atoms with Gasteiger partial charge in [0.25, 0.3) is 5.91 Å². The number of nitrogens with zero attached hydrogens (tertiary/aromatic N) is 3. The molecule has 1 aromatic heterocycles. The predicted molar refractivity (Wildman–Crippen MR) is 151 cm³/mol. The number of benzene rings is 2. The minimum atomic E-state index is -0.188. The van der Waals surface area contributed by atoms with Crippen LogP contribution in [0.4, 0.5) is 4.79 Å². The first-order chi connectivity index (χ1) is 19.0. The van der Waals surface area contributed by atoms with Crippen LogP contribution >= 0.6 is 11.8 Å². The van der Waals surface area contributed by atoms with Crippen molar-refractivity contribution in [3.8, 4) is 0 Å². The fraction of sp³-hybridized carbons (Fsp3) is 0.387. The molecule has 1 N–H and O–H groups in total. The van der Waals surface area contributed by atoms with Gasteiger partial charge < -0.3 is 10.1 Å². The molecule has 3 aliphatic rings. The Bertz CT molecular complexity index is 1320. The lowest BCUT2D eigenvalue weighted by Gasteiger charge is -2.38. The molecule has 202 valence electrons. The number of piperidine rings is 1.